The number of halogens is 1. The third-order valence-electron chi connectivity index (χ3n) is 6.46. The van der Waals surface area contributed by atoms with Gasteiger partial charge in [0.25, 0.3) is 5.91 Å². The lowest BCUT2D eigenvalue weighted by Crippen LogP contribution is -2.36. The molecule has 0 fully saturated rings. The highest BCUT2D eigenvalue weighted by atomic mass is 19.1. The highest BCUT2D eigenvalue weighted by molar-refractivity contribution is 5.92. The first-order chi connectivity index (χ1) is 18.0. The van der Waals surface area contributed by atoms with E-state index in [1.807, 2.05) is 50.2 Å². The van der Waals surface area contributed by atoms with Gasteiger partial charge < -0.3 is 14.5 Å². The minimum Gasteiger partial charge on any atom is -0.484 e. The van der Waals surface area contributed by atoms with Crippen LogP contribution in [0.5, 0.6) is 5.75 Å². The number of oxazole rings is 1. The molecule has 1 unspecified atom stereocenters. The zero-order chi connectivity index (χ0) is 25.8. The van der Waals surface area contributed by atoms with Gasteiger partial charge in [-0.25, -0.2) is 9.37 Å². The number of carbonyl (C=O) groups is 1. The Balaban J connectivity index is 1.38. The van der Waals surface area contributed by atoms with Gasteiger partial charge in [-0.3, -0.25) is 9.69 Å². The van der Waals surface area contributed by atoms with Crippen LogP contribution in [0.25, 0.3) is 0 Å². The van der Waals surface area contributed by atoms with Gasteiger partial charge in [0.1, 0.15) is 17.8 Å². The topological polar surface area (TPSA) is 67.6 Å². The standard InChI is InChI=1S/C30H30FN3O3/c1-20(2)32-30(35)27-18-37-28(33-27)19-36-24-13-12-21-14-15-34(17-23-10-6-7-11-26(23)31)29(25(21)16-24)22-8-4-3-5-9-22/h3-13,16,18,20,29H,14-15,17,19H2,1-2H3,(H,32,35). The smallest absolute Gasteiger partial charge is 0.273 e. The van der Waals surface area contributed by atoms with E-state index in [-0.39, 0.29) is 36.1 Å². The van der Waals surface area contributed by atoms with Crippen molar-refractivity contribution in [3.05, 3.63) is 119 Å². The number of hydrogen-bond acceptors (Lipinski definition) is 5. The number of nitrogens with one attached hydrogen (secondary N) is 1. The quantitative estimate of drug-likeness (QED) is 0.338. The van der Waals surface area contributed by atoms with Crippen LogP contribution >= 0.6 is 0 Å². The lowest BCUT2D eigenvalue weighted by Gasteiger charge is -2.38. The Bertz CT molecular complexity index is 1370. The van der Waals surface area contributed by atoms with Crippen molar-refractivity contribution in [3.8, 4) is 5.75 Å². The third-order valence-corrected chi connectivity index (χ3v) is 6.46. The van der Waals surface area contributed by atoms with E-state index in [1.54, 1.807) is 6.07 Å². The molecule has 3 aromatic carbocycles. The second kappa shape index (κ2) is 11.0. The summed E-state index contributed by atoms with van der Waals surface area (Å²) in [6.07, 6.45) is 2.21. The summed E-state index contributed by atoms with van der Waals surface area (Å²) in [7, 11) is 0. The van der Waals surface area contributed by atoms with Gasteiger partial charge in [-0.15, -0.1) is 0 Å². The number of benzene rings is 3. The molecule has 1 amide bonds. The van der Waals surface area contributed by atoms with Crippen LogP contribution in [0.4, 0.5) is 4.39 Å². The van der Waals surface area contributed by atoms with Crippen molar-refractivity contribution in [1.29, 1.82) is 0 Å². The molecule has 5 rings (SSSR count). The lowest BCUT2D eigenvalue weighted by atomic mass is 9.87. The maximum Gasteiger partial charge on any atom is 0.273 e. The molecule has 6 nitrogen and oxygen atoms in total. The van der Waals surface area contributed by atoms with Crippen LogP contribution in [0.1, 0.15) is 58.5 Å². The Labute approximate surface area is 216 Å². The zero-order valence-corrected chi connectivity index (χ0v) is 21.0. The van der Waals surface area contributed by atoms with Gasteiger partial charge >= 0.3 is 0 Å². The van der Waals surface area contributed by atoms with Gasteiger partial charge in [0.15, 0.2) is 12.3 Å². The Morgan fingerprint density at radius 1 is 1.14 bits per heavy atom. The van der Waals surface area contributed by atoms with Crippen LogP contribution in [0.15, 0.2) is 83.5 Å². The fourth-order valence-corrected chi connectivity index (χ4v) is 4.74. The maximum atomic E-state index is 14.5. The molecule has 1 N–H and O–H groups in total. The minimum atomic E-state index is -0.278. The van der Waals surface area contributed by atoms with Crippen LogP contribution in [-0.4, -0.2) is 28.4 Å². The monoisotopic (exact) mass is 499 g/mol. The fourth-order valence-electron chi connectivity index (χ4n) is 4.74. The van der Waals surface area contributed by atoms with Gasteiger partial charge in [0.05, 0.1) is 6.04 Å². The second-order valence-electron chi connectivity index (χ2n) is 9.53. The van der Waals surface area contributed by atoms with Crippen LogP contribution in [0.3, 0.4) is 0 Å². The molecule has 0 saturated carbocycles. The Morgan fingerprint density at radius 2 is 1.92 bits per heavy atom. The summed E-state index contributed by atoms with van der Waals surface area (Å²) in [4.78, 5) is 18.7. The number of rotatable bonds is 8. The molecule has 37 heavy (non-hydrogen) atoms. The molecule has 0 saturated heterocycles. The van der Waals surface area contributed by atoms with Crippen LogP contribution in [0.2, 0.25) is 0 Å². The summed E-state index contributed by atoms with van der Waals surface area (Å²) < 4.78 is 26.0. The average molecular weight is 500 g/mol. The van der Waals surface area contributed by atoms with E-state index in [2.05, 4.69) is 39.5 Å². The predicted molar refractivity (Wildman–Crippen MR) is 139 cm³/mol. The Kier molecular flexibility index (Phi) is 7.32. The summed E-state index contributed by atoms with van der Waals surface area (Å²) in [6.45, 7) is 5.20. The predicted octanol–water partition coefficient (Wildman–Crippen LogP) is 5.68. The SMILES string of the molecule is CC(C)NC(=O)c1coc(COc2ccc3c(c2)C(c2ccccc2)N(Cc2ccccc2F)CC3)n1. The fraction of sp³-hybridized carbons (Fsp3) is 0.267. The zero-order valence-electron chi connectivity index (χ0n) is 21.0. The minimum absolute atomic E-state index is 0.00917. The number of hydrogen-bond donors (Lipinski definition) is 1. The molecular weight excluding hydrogens is 469 g/mol. The average Bonchev–Trinajstić information content (AvgIpc) is 3.38. The first-order valence-electron chi connectivity index (χ1n) is 12.5. The van der Waals surface area contributed by atoms with Crippen molar-refractivity contribution in [2.24, 2.45) is 0 Å². The molecule has 7 heteroatoms. The molecular formula is C30H30FN3O3. The molecule has 0 bridgehead atoms. The van der Waals surface area contributed by atoms with E-state index in [0.717, 1.165) is 24.1 Å². The number of aromatic nitrogens is 1. The van der Waals surface area contributed by atoms with Crippen molar-refractivity contribution < 1.29 is 18.3 Å². The maximum absolute atomic E-state index is 14.5. The molecule has 1 aliphatic heterocycles. The highest BCUT2D eigenvalue weighted by Crippen LogP contribution is 2.38. The Hall–Kier alpha value is -3.97. The summed E-state index contributed by atoms with van der Waals surface area (Å²) in [5.41, 5.74) is 4.43. The van der Waals surface area contributed by atoms with Gasteiger partial charge in [0, 0.05) is 24.7 Å². The summed E-state index contributed by atoms with van der Waals surface area (Å²) in [6, 6.07) is 23.3. The van der Waals surface area contributed by atoms with Crippen molar-refractivity contribution in [2.45, 2.75) is 45.5 Å². The molecule has 4 aromatic rings. The molecule has 1 aliphatic rings. The van der Waals surface area contributed by atoms with E-state index in [9.17, 15) is 9.18 Å². The van der Waals surface area contributed by atoms with Gasteiger partial charge in [0.2, 0.25) is 5.89 Å². The first kappa shape index (κ1) is 24.7. The van der Waals surface area contributed by atoms with E-state index >= 15 is 0 Å². The number of carbonyl (C=O) groups excluding carboxylic acids is 1. The van der Waals surface area contributed by atoms with E-state index in [4.69, 9.17) is 9.15 Å². The van der Waals surface area contributed by atoms with Gasteiger partial charge in [-0.2, -0.15) is 0 Å². The molecule has 0 spiro atoms. The van der Waals surface area contributed by atoms with Gasteiger partial charge in [-0.1, -0.05) is 54.6 Å². The van der Waals surface area contributed by atoms with Crippen molar-refractivity contribution in [3.63, 3.8) is 0 Å². The lowest BCUT2D eigenvalue weighted by molar-refractivity contribution is 0.0938. The number of amides is 1. The normalized spacial score (nSPS) is 15.4. The van der Waals surface area contributed by atoms with Crippen molar-refractivity contribution in [1.82, 2.24) is 15.2 Å². The Morgan fingerprint density at radius 3 is 2.70 bits per heavy atom. The third kappa shape index (κ3) is 5.73. The van der Waals surface area contributed by atoms with Crippen LogP contribution in [0, 0.1) is 5.82 Å². The largest absolute Gasteiger partial charge is 0.484 e. The van der Waals surface area contributed by atoms with Crippen molar-refractivity contribution in [2.75, 3.05) is 6.54 Å². The first-order valence-corrected chi connectivity index (χ1v) is 12.5. The number of ether oxygens (including phenoxy) is 1. The molecule has 2 heterocycles. The van der Waals surface area contributed by atoms with Crippen LogP contribution < -0.4 is 10.1 Å². The number of nitrogens with zero attached hydrogens (tertiary/aromatic N) is 2. The van der Waals surface area contributed by atoms with Crippen LogP contribution in [-0.2, 0) is 19.6 Å². The summed E-state index contributed by atoms with van der Waals surface area (Å²) in [5, 5.41) is 2.80. The van der Waals surface area contributed by atoms with Crippen molar-refractivity contribution >= 4 is 5.91 Å². The molecule has 0 aliphatic carbocycles. The van der Waals surface area contributed by atoms with E-state index < -0.39 is 0 Å². The molecule has 0 radical (unpaired) electrons. The molecule has 1 atom stereocenters. The second-order valence-corrected chi connectivity index (χ2v) is 9.53. The highest BCUT2D eigenvalue weighted by Gasteiger charge is 2.29. The van der Waals surface area contributed by atoms with E-state index in [0.29, 0.717) is 23.7 Å². The molecule has 1 aromatic heterocycles. The molecule has 190 valence electrons. The summed E-state index contributed by atoms with van der Waals surface area (Å²) >= 11 is 0. The summed E-state index contributed by atoms with van der Waals surface area (Å²) in [5.74, 6) is 0.537. The van der Waals surface area contributed by atoms with Gasteiger partial charge in [-0.05, 0) is 55.2 Å². The van der Waals surface area contributed by atoms with E-state index in [1.165, 1.54) is 17.9 Å². The number of fused-ring (bicyclic) bond motifs is 1.